The Labute approximate surface area is 143 Å². The van der Waals surface area contributed by atoms with Gasteiger partial charge in [0, 0.05) is 11.6 Å². The Morgan fingerprint density at radius 1 is 1.28 bits per heavy atom. The Bertz CT molecular complexity index is 826. The maximum absolute atomic E-state index is 13.8. The average Bonchev–Trinajstić information content (AvgIpc) is 2.58. The molecule has 2 aromatic rings. The number of amides is 2. The summed E-state index contributed by atoms with van der Waals surface area (Å²) in [6.07, 6.45) is 0. The molecular formula is C18H18F2N3O2+. The summed E-state index contributed by atoms with van der Waals surface area (Å²) in [5, 5.41) is 4.38. The second-order valence-corrected chi connectivity index (χ2v) is 5.94. The van der Waals surface area contributed by atoms with Crippen molar-refractivity contribution in [1.82, 2.24) is 0 Å². The van der Waals surface area contributed by atoms with Gasteiger partial charge in [-0.1, -0.05) is 12.1 Å². The van der Waals surface area contributed by atoms with Gasteiger partial charge in [0.05, 0.1) is 11.4 Å². The van der Waals surface area contributed by atoms with Crippen LogP contribution in [0, 0.1) is 11.6 Å². The summed E-state index contributed by atoms with van der Waals surface area (Å²) in [5.74, 6) is -1.79. The SMILES string of the molecule is C[C@@H]([NH2+]CC(=O)N1CC(=O)Nc2ccccc21)c1ccc(F)cc1F. The third-order valence-electron chi connectivity index (χ3n) is 4.17. The number of fused-ring (bicyclic) bond motifs is 1. The number of anilines is 2. The molecule has 0 radical (unpaired) electrons. The molecule has 0 spiro atoms. The van der Waals surface area contributed by atoms with E-state index in [0.717, 1.165) is 6.07 Å². The first-order chi connectivity index (χ1) is 12.0. The van der Waals surface area contributed by atoms with Crippen molar-refractivity contribution in [2.75, 3.05) is 23.3 Å². The molecule has 1 aliphatic rings. The fourth-order valence-corrected chi connectivity index (χ4v) is 2.84. The lowest BCUT2D eigenvalue weighted by atomic mass is 10.1. The van der Waals surface area contributed by atoms with E-state index in [2.05, 4.69) is 5.32 Å². The molecule has 3 rings (SSSR count). The highest BCUT2D eigenvalue weighted by atomic mass is 19.1. The van der Waals surface area contributed by atoms with Crippen LogP contribution in [-0.2, 0) is 9.59 Å². The Morgan fingerprint density at radius 3 is 2.80 bits per heavy atom. The first kappa shape index (κ1) is 17.0. The zero-order chi connectivity index (χ0) is 18.0. The van der Waals surface area contributed by atoms with Crippen molar-refractivity contribution in [1.29, 1.82) is 0 Å². The highest BCUT2D eigenvalue weighted by Gasteiger charge is 2.28. The molecule has 3 N–H and O–H groups in total. The number of nitrogens with one attached hydrogen (secondary N) is 1. The number of quaternary nitrogens is 1. The molecule has 0 saturated carbocycles. The third-order valence-corrected chi connectivity index (χ3v) is 4.17. The van der Waals surface area contributed by atoms with E-state index >= 15 is 0 Å². The van der Waals surface area contributed by atoms with E-state index < -0.39 is 11.6 Å². The van der Waals surface area contributed by atoms with Crippen LogP contribution in [0.3, 0.4) is 0 Å². The lowest BCUT2D eigenvalue weighted by Crippen LogP contribution is -2.87. The number of carbonyl (C=O) groups excluding carboxylic acids is 2. The van der Waals surface area contributed by atoms with Crippen LogP contribution in [0.15, 0.2) is 42.5 Å². The highest BCUT2D eigenvalue weighted by Crippen LogP contribution is 2.28. The second kappa shape index (κ2) is 6.98. The summed E-state index contributed by atoms with van der Waals surface area (Å²) in [6.45, 7) is 1.73. The molecule has 2 amide bonds. The van der Waals surface area contributed by atoms with Gasteiger partial charge in [-0.3, -0.25) is 14.5 Å². The Hall–Kier alpha value is -2.80. The number of rotatable bonds is 4. The van der Waals surface area contributed by atoms with Gasteiger partial charge < -0.3 is 10.6 Å². The van der Waals surface area contributed by atoms with Crippen molar-refractivity contribution in [2.45, 2.75) is 13.0 Å². The van der Waals surface area contributed by atoms with Gasteiger partial charge in [-0.05, 0) is 31.2 Å². The number of nitrogens with zero attached hydrogens (tertiary/aromatic N) is 1. The van der Waals surface area contributed by atoms with Crippen LogP contribution in [0.2, 0.25) is 0 Å². The molecule has 0 saturated heterocycles. The molecule has 1 atom stereocenters. The normalized spacial score (nSPS) is 14.7. The smallest absolute Gasteiger partial charge is 0.282 e. The fraction of sp³-hybridized carbons (Fsp3) is 0.222. The summed E-state index contributed by atoms with van der Waals surface area (Å²) in [6, 6.07) is 10.1. The summed E-state index contributed by atoms with van der Waals surface area (Å²) >= 11 is 0. The van der Waals surface area contributed by atoms with Crippen molar-refractivity contribution >= 4 is 23.2 Å². The average molecular weight is 346 g/mol. The Morgan fingerprint density at radius 2 is 2.04 bits per heavy atom. The van der Waals surface area contributed by atoms with Gasteiger partial charge in [0.15, 0.2) is 6.54 Å². The molecule has 25 heavy (non-hydrogen) atoms. The topological polar surface area (TPSA) is 66.0 Å². The van der Waals surface area contributed by atoms with Crippen molar-refractivity contribution in [2.24, 2.45) is 0 Å². The second-order valence-electron chi connectivity index (χ2n) is 5.94. The number of hydrogen-bond acceptors (Lipinski definition) is 2. The van der Waals surface area contributed by atoms with Crippen molar-refractivity contribution in [3.8, 4) is 0 Å². The minimum absolute atomic E-state index is 0.0413. The number of benzene rings is 2. The summed E-state index contributed by atoms with van der Waals surface area (Å²) < 4.78 is 26.8. The third kappa shape index (κ3) is 3.66. The molecule has 1 heterocycles. The molecule has 0 unspecified atom stereocenters. The largest absolute Gasteiger partial charge is 0.332 e. The first-order valence-electron chi connectivity index (χ1n) is 7.93. The van der Waals surface area contributed by atoms with Gasteiger partial charge in [0.1, 0.15) is 24.2 Å². The van der Waals surface area contributed by atoms with Crippen molar-refractivity contribution in [3.05, 3.63) is 59.7 Å². The predicted octanol–water partition coefficient (Wildman–Crippen LogP) is 1.57. The van der Waals surface area contributed by atoms with Gasteiger partial charge in [-0.25, -0.2) is 8.78 Å². The fourth-order valence-electron chi connectivity index (χ4n) is 2.84. The van der Waals surface area contributed by atoms with Crippen LogP contribution in [0.4, 0.5) is 20.2 Å². The molecule has 1 aliphatic heterocycles. The molecule has 0 bridgehead atoms. The number of halogens is 2. The minimum Gasteiger partial charge on any atom is -0.332 e. The van der Waals surface area contributed by atoms with Crippen LogP contribution >= 0.6 is 0 Å². The van der Waals surface area contributed by atoms with Crippen LogP contribution in [0.5, 0.6) is 0 Å². The molecule has 7 heteroatoms. The van der Waals surface area contributed by atoms with Gasteiger partial charge in [0.25, 0.3) is 5.91 Å². The van der Waals surface area contributed by atoms with Crippen LogP contribution in [0.25, 0.3) is 0 Å². The van der Waals surface area contributed by atoms with Gasteiger partial charge in [-0.15, -0.1) is 0 Å². The van der Waals surface area contributed by atoms with E-state index in [9.17, 15) is 18.4 Å². The Balaban J connectivity index is 1.69. The van der Waals surface area contributed by atoms with E-state index in [1.165, 1.54) is 17.0 Å². The predicted molar refractivity (Wildman–Crippen MR) is 89.0 cm³/mol. The van der Waals surface area contributed by atoms with Gasteiger partial charge in [0.2, 0.25) is 5.91 Å². The number of nitrogens with two attached hydrogens (primary N) is 1. The monoisotopic (exact) mass is 346 g/mol. The molecule has 130 valence electrons. The highest BCUT2D eigenvalue weighted by molar-refractivity contribution is 6.10. The molecule has 0 aliphatic carbocycles. The van der Waals surface area contributed by atoms with Crippen LogP contribution in [0.1, 0.15) is 18.5 Å². The first-order valence-corrected chi connectivity index (χ1v) is 7.93. The lowest BCUT2D eigenvalue weighted by Gasteiger charge is -2.28. The van der Waals surface area contributed by atoms with E-state index in [-0.39, 0.29) is 30.9 Å². The van der Waals surface area contributed by atoms with Crippen LogP contribution < -0.4 is 15.5 Å². The summed E-state index contributed by atoms with van der Waals surface area (Å²) in [5.41, 5.74) is 1.55. The quantitative estimate of drug-likeness (QED) is 0.883. The van der Waals surface area contributed by atoms with Crippen molar-refractivity contribution < 1.29 is 23.7 Å². The molecular weight excluding hydrogens is 328 g/mol. The molecule has 2 aromatic carbocycles. The zero-order valence-corrected chi connectivity index (χ0v) is 13.6. The maximum Gasteiger partial charge on any atom is 0.282 e. The Kier molecular flexibility index (Phi) is 4.76. The lowest BCUT2D eigenvalue weighted by molar-refractivity contribution is -0.682. The van der Waals surface area contributed by atoms with Crippen molar-refractivity contribution in [3.63, 3.8) is 0 Å². The number of hydrogen-bond donors (Lipinski definition) is 2. The van der Waals surface area contributed by atoms with Gasteiger partial charge >= 0.3 is 0 Å². The van der Waals surface area contributed by atoms with E-state index in [4.69, 9.17) is 0 Å². The number of carbonyl (C=O) groups is 2. The maximum atomic E-state index is 13.8. The molecule has 5 nitrogen and oxygen atoms in total. The number of para-hydroxylation sites is 2. The summed E-state index contributed by atoms with van der Waals surface area (Å²) in [7, 11) is 0. The van der Waals surface area contributed by atoms with Crippen LogP contribution in [-0.4, -0.2) is 24.9 Å². The standard InChI is InChI=1S/C18H17F2N3O2/c1-11(13-7-6-12(19)8-14(13)20)21-9-18(25)23-10-17(24)22-15-4-2-3-5-16(15)23/h2-8,11,21H,9-10H2,1H3,(H,22,24)/p+1/t11-/m1/s1. The molecule has 0 fully saturated rings. The minimum atomic E-state index is -0.640. The van der Waals surface area contributed by atoms with Gasteiger partial charge in [-0.2, -0.15) is 0 Å². The van der Waals surface area contributed by atoms with E-state index in [1.807, 2.05) is 0 Å². The zero-order valence-electron chi connectivity index (χ0n) is 13.6. The van der Waals surface area contributed by atoms with E-state index in [1.54, 1.807) is 36.5 Å². The molecule has 0 aromatic heterocycles. The van der Waals surface area contributed by atoms with E-state index in [0.29, 0.717) is 16.9 Å². The summed E-state index contributed by atoms with van der Waals surface area (Å²) in [4.78, 5) is 25.7.